The summed E-state index contributed by atoms with van der Waals surface area (Å²) in [4.78, 5) is 27.2. The van der Waals surface area contributed by atoms with E-state index in [9.17, 15) is 9.59 Å². The van der Waals surface area contributed by atoms with E-state index < -0.39 is 0 Å². The van der Waals surface area contributed by atoms with Crippen LogP contribution in [0.25, 0.3) is 6.08 Å². The first kappa shape index (κ1) is 26.1. The highest BCUT2D eigenvalue weighted by molar-refractivity contribution is 8.26. The number of hydrogen-bond donors (Lipinski definition) is 1. The normalized spacial score (nSPS) is 14.4. The van der Waals surface area contributed by atoms with E-state index in [1.54, 1.807) is 60.9 Å². The van der Waals surface area contributed by atoms with Crippen LogP contribution < -0.4 is 14.8 Å². The molecule has 0 unspecified atom stereocenters. The number of ether oxygens (including phenoxy) is 2. The number of benzene rings is 2. The van der Waals surface area contributed by atoms with Crippen LogP contribution in [0.1, 0.15) is 18.2 Å². The molecule has 1 aliphatic rings. The minimum atomic E-state index is -0.389. The minimum absolute atomic E-state index is 0.197. The van der Waals surface area contributed by atoms with Crippen LogP contribution in [0.15, 0.2) is 64.1 Å². The summed E-state index contributed by atoms with van der Waals surface area (Å²) < 4.78 is 17.2. The average Bonchev–Trinajstić information content (AvgIpc) is 3.42. The van der Waals surface area contributed by atoms with Gasteiger partial charge in [0.15, 0.2) is 18.1 Å². The van der Waals surface area contributed by atoms with Crippen LogP contribution in [0.2, 0.25) is 10.0 Å². The number of anilines is 1. The maximum Gasteiger partial charge on any atom is 0.266 e. The highest BCUT2D eigenvalue weighted by atomic mass is 35.5. The van der Waals surface area contributed by atoms with E-state index in [4.69, 9.17) is 49.3 Å². The zero-order chi connectivity index (χ0) is 25.7. The molecule has 1 fully saturated rings. The molecular formula is C25H20Cl2N2O5S2. The Morgan fingerprint density at radius 2 is 1.92 bits per heavy atom. The monoisotopic (exact) mass is 562 g/mol. The van der Waals surface area contributed by atoms with Crippen molar-refractivity contribution in [3.8, 4) is 11.5 Å². The van der Waals surface area contributed by atoms with Crippen LogP contribution in [0.4, 0.5) is 5.69 Å². The second-order valence-electron chi connectivity index (χ2n) is 7.48. The topological polar surface area (TPSA) is 81.0 Å². The molecule has 0 radical (unpaired) electrons. The maximum absolute atomic E-state index is 12.9. The molecule has 7 nitrogen and oxygen atoms in total. The quantitative estimate of drug-likeness (QED) is 0.238. The molecule has 0 aliphatic carbocycles. The number of carbonyl (C=O) groups is 2. The molecule has 4 rings (SSSR count). The van der Waals surface area contributed by atoms with E-state index in [2.05, 4.69) is 5.32 Å². The zero-order valence-corrected chi connectivity index (χ0v) is 22.1. The van der Waals surface area contributed by atoms with Crippen molar-refractivity contribution in [1.82, 2.24) is 4.90 Å². The van der Waals surface area contributed by atoms with Gasteiger partial charge in [0.05, 0.1) is 24.3 Å². The molecule has 3 aromatic rings. The Hall–Kier alpha value is -2.98. The van der Waals surface area contributed by atoms with Gasteiger partial charge in [0.25, 0.3) is 11.8 Å². The molecule has 0 spiro atoms. The summed E-state index contributed by atoms with van der Waals surface area (Å²) in [6, 6.07) is 13.5. The Morgan fingerprint density at radius 3 is 2.61 bits per heavy atom. The third-order valence-corrected chi connectivity index (χ3v) is 6.65. The van der Waals surface area contributed by atoms with Gasteiger partial charge in [0.1, 0.15) is 10.1 Å². The molecule has 11 heteroatoms. The highest BCUT2D eigenvalue weighted by Crippen LogP contribution is 2.35. The van der Waals surface area contributed by atoms with Gasteiger partial charge in [-0.3, -0.25) is 14.5 Å². The lowest BCUT2D eigenvalue weighted by molar-refractivity contribution is -0.122. The van der Waals surface area contributed by atoms with Crippen molar-refractivity contribution in [3.63, 3.8) is 0 Å². The van der Waals surface area contributed by atoms with Crippen LogP contribution in [0, 0.1) is 0 Å². The molecule has 2 amide bonds. The van der Waals surface area contributed by atoms with Crippen LogP contribution in [0.5, 0.6) is 11.5 Å². The SMILES string of the molecule is CCOc1cc(/C=C2\SC(=S)N(Cc3ccco3)C2=O)ccc1OCC(=O)Nc1cc(Cl)cc(Cl)c1. The van der Waals surface area contributed by atoms with Gasteiger partial charge in [-0.2, -0.15) is 0 Å². The summed E-state index contributed by atoms with van der Waals surface area (Å²) in [7, 11) is 0. The fraction of sp³-hybridized carbons (Fsp3) is 0.160. The molecular weight excluding hydrogens is 543 g/mol. The third kappa shape index (κ3) is 6.61. The molecule has 1 aromatic heterocycles. The number of amides is 2. The minimum Gasteiger partial charge on any atom is -0.490 e. The fourth-order valence-corrected chi connectivity index (χ4v) is 5.10. The summed E-state index contributed by atoms with van der Waals surface area (Å²) >= 11 is 18.5. The smallest absolute Gasteiger partial charge is 0.266 e. The standard InChI is InChI=1S/C25H20Cl2N2O5S2/c1-2-32-21-8-15(9-22-24(31)29(25(35)36-22)13-19-4-3-7-33-19)5-6-20(21)34-14-23(30)28-18-11-16(26)10-17(27)12-18/h3-12H,2,13-14H2,1H3,(H,28,30)/b22-9-. The van der Waals surface area contributed by atoms with E-state index in [1.165, 1.54) is 16.7 Å². The number of nitrogens with one attached hydrogen (secondary N) is 1. The van der Waals surface area contributed by atoms with E-state index in [0.29, 0.717) is 48.8 Å². The van der Waals surface area contributed by atoms with Gasteiger partial charge in [-0.15, -0.1) is 0 Å². The lowest BCUT2D eigenvalue weighted by atomic mass is 10.2. The van der Waals surface area contributed by atoms with E-state index in [-0.39, 0.29) is 25.0 Å². The van der Waals surface area contributed by atoms with Crippen LogP contribution in [-0.4, -0.2) is 34.2 Å². The van der Waals surface area contributed by atoms with E-state index in [0.717, 1.165) is 5.56 Å². The number of hydrogen-bond acceptors (Lipinski definition) is 7. The lowest BCUT2D eigenvalue weighted by Crippen LogP contribution is -2.27. The second-order valence-corrected chi connectivity index (χ2v) is 10.0. The molecule has 2 heterocycles. The van der Waals surface area contributed by atoms with Crippen LogP contribution in [0.3, 0.4) is 0 Å². The summed E-state index contributed by atoms with van der Waals surface area (Å²) in [5.74, 6) is 0.891. The third-order valence-electron chi connectivity index (χ3n) is 4.84. The van der Waals surface area contributed by atoms with Crippen molar-refractivity contribution >= 4 is 75.1 Å². The van der Waals surface area contributed by atoms with Crippen molar-refractivity contribution in [2.45, 2.75) is 13.5 Å². The number of halogens is 2. The van der Waals surface area contributed by atoms with Crippen molar-refractivity contribution < 1.29 is 23.5 Å². The Labute approximate surface area is 227 Å². The van der Waals surface area contributed by atoms with Gasteiger partial charge in [-0.05, 0) is 61.0 Å². The van der Waals surface area contributed by atoms with Gasteiger partial charge < -0.3 is 19.2 Å². The van der Waals surface area contributed by atoms with Crippen LogP contribution >= 0.6 is 47.2 Å². The van der Waals surface area contributed by atoms with Gasteiger partial charge in [0, 0.05) is 15.7 Å². The number of thiocarbonyl (C=S) groups is 1. The molecule has 1 saturated heterocycles. The Kier molecular flexibility index (Phi) is 8.58. The number of rotatable bonds is 9. The Morgan fingerprint density at radius 1 is 1.14 bits per heavy atom. The molecule has 0 bridgehead atoms. The number of nitrogens with zero attached hydrogens (tertiary/aromatic N) is 1. The Balaban J connectivity index is 1.44. The largest absolute Gasteiger partial charge is 0.490 e. The summed E-state index contributed by atoms with van der Waals surface area (Å²) in [6.07, 6.45) is 3.29. The van der Waals surface area contributed by atoms with Gasteiger partial charge in [0.2, 0.25) is 0 Å². The van der Waals surface area contributed by atoms with Gasteiger partial charge in [-0.1, -0.05) is 53.2 Å². The average molecular weight is 563 g/mol. The molecule has 1 N–H and O–H groups in total. The first-order valence-corrected chi connectivity index (χ1v) is 12.7. The molecule has 1 aliphatic heterocycles. The van der Waals surface area contributed by atoms with E-state index in [1.807, 2.05) is 6.92 Å². The lowest BCUT2D eigenvalue weighted by Gasteiger charge is -2.13. The molecule has 2 aromatic carbocycles. The molecule has 186 valence electrons. The van der Waals surface area contributed by atoms with Crippen molar-refractivity contribution in [1.29, 1.82) is 0 Å². The molecule has 36 heavy (non-hydrogen) atoms. The number of carbonyl (C=O) groups excluding carboxylic acids is 2. The predicted molar refractivity (Wildman–Crippen MR) is 146 cm³/mol. The zero-order valence-electron chi connectivity index (χ0n) is 19.0. The van der Waals surface area contributed by atoms with Crippen molar-refractivity contribution in [3.05, 3.63) is 81.1 Å². The highest BCUT2D eigenvalue weighted by Gasteiger charge is 2.32. The van der Waals surface area contributed by atoms with Crippen molar-refractivity contribution in [2.75, 3.05) is 18.5 Å². The van der Waals surface area contributed by atoms with Crippen molar-refractivity contribution in [2.24, 2.45) is 0 Å². The molecule has 0 atom stereocenters. The second kappa shape index (κ2) is 11.8. The summed E-state index contributed by atoms with van der Waals surface area (Å²) in [5.41, 5.74) is 1.19. The summed E-state index contributed by atoms with van der Waals surface area (Å²) in [6.45, 7) is 2.24. The first-order chi connectivity index (χ1) is 17.3. The number of thioether (sulfide) groups is 1. The predicted octanol–water partition coefficient (Wildman–Crippen LogP) is 6.40. The maximum atomic E-state index is 12.9. The fourth-order valence-electron chi connectivity index (χ4n) is 3.31. The van der Waals surface area contributed by atoms with Crippen LogP contribution in [-0.2, 0) is 16.1 Å². The molecule has 0 saturated carbocycles. The van der Waals surface area contributed by atoms with Gasteiger partial charge >= 0.3 is 0 Å². The van der Waals surface area contributed by atoms with E-state index >= 15 is 0 Å². The van der Waals surface area contributed by atoms with Gasteiger partial charge in [-0.25, -0.2) is 0 Å². The first-order valence-electron chi connectivity index (χ1n) is 10.8. The summed E-state index contributed by atoms with van der Waals surface area (Å²) in [5, 5.41) is 3.50. The Bertz CT molecular complexity index is 1310. The number of furan rings is 1.